The molecular formula is C14H20N4O2S. The van der Waals surface area contributed by atoms with Gasteiger partial charge in [0, 0.05) is 26.2 Å². The minimum absolute atomic E-state index is 0.0791. The molecule has 0 unspecified atom stereocenters. The molecule has 21 heavy (non-hydrogen) atoms. The molecule has 0 atom stereocenters. The quantitative estimate of drug-likeness (QED) is 0.887. The van der Waals surface area contributed by atoms with E-state index in [-0.39, 0.29) is 5.03 Å². The van der Waals surface area contributed by atoms with Gasteiger partial charge in [-0.25, -0.2) is 4.98 Å². The third-order valence-electron chi connectivity index (χ3n) is 3.20. The molecule has 6 nitrogen and oxygen atoms in total. The van der Waals surface area contributed by atoms with E-state index in [9.17, 15) is 8.42 Å². The van der Waals surface area contributed by atoms with Crippen molar-refractivity contribution in [1.29, 1.82) is 0 Å². The highest BCUT2D eigenvalue weighted by Crippen LogP contribution is 2.23. The molecule has 7 heteroatoms. The summed E-state index contributed by atoms with van der Waals surface area (Å²) in [6.45, 7) is 3.78. The number of benzene rings is 1. The number of rotatable bonds is 5. The summed E-state index contributed by atoms with van der Waals surface area (Å²) in [6.07, 6.45) is 2.00. The number of aromatic amines is 1. The third kappa shape index (κ3) is 3.36. The zero-order valence-electron chi connectivity index (χ0n) is 12.6. The molecule has 0 spiro atoms. The topological polar surface area (TPSA) is 78.1 Å². The van der Waals surface area contributed by atoms with E-state index in [2.05, 4.69) is 14.7 Å². The van der Waals surface area contributed by atoms with Gasteiger partial charge in [-0.2, -0.15) is 8.42 Å². The number of sulfonamides is 1. The van der Waals surface area contributed by atoms with Crippen LogP contribution >= 0.6 is 0 Å². The van der Waals surface area contributed by atoms with Crippen LogP contribution in [-0.2, 0) is 16.4 Å². The number of nitrogens with zero attached hydrogens (tertiary/aromatic N) is 2. The fourth-order valence-electron chi connectivity index (χ4n) is 1.90. The monoisotopic (exact) mass is 308 g/mol. The largest absolute Gasteiger partial charge is 0.378 e. The lowest BCUT2D eigenvalue weighted by atomic mass is 10.2. The first-order valence-corrected chi connectivity index (χ1v) is 8.16. The van der Waals surface area contributed by atoms with Crippen LogP contribution < -0.4 is 9.62 Å². The Morgan fingerprint density at radius 2 is 2.05 bits per heavy atom. The summed E-state index contributed by atoms with van der Waals surface area (Å²) in [4.78, 5) is 8.79. The number of anilines is 2. The molecule has 2 aromatic rings. The highest BCUT2D eigenvalue weighted by Gasteiger charge is 2.18. The lowest BCUT2D eigenvalue weighted by molar-refractivity contribution is 0.598. The van der Waals surface area contributed by atoms with E-state index in [0.717, 1.165) is 11.3 Å². The Balaban J connectivity index is 2.28. The first-order chi connectivity index (χ1) is 9.83. The third-order valence-corrected chi connectivity index (χ3v) is 4.48. The van der Waals surface area contributed by atoms with Crippen LogP contribution in [0.4, 0.5) is 11.4 Å². The molecule has 0 fully saturated rings. The van der Waals surface area contributed by atoms with Gasteiger partial charge >= 0.3 is 0 Å². The van der Waals surface area contributed by atoms with Gasteiger partial charge in [0.25, 0.3) is 10.0 Å². The average molecular weight is 308 g/mol. The number of imidazole rings is 1. The predicted molar refractivity (Wildman–Crippen MR) is 84.3 cm³/mol. The summed E-state index contributed by atoms with van der Waals surface area (Å²) in [5.74, 6) is 0.648. The maximum Gasteiger partial charge on any atom is 0.278 e. The first kappa shape index (κ1) is 15.4. The second kappa shape index (κ2) is 5.77. The average Bonchev–Trinajstić information content (AvgIpc) is 2.90. The Morgan fingerprint density at radius 3 is 2.57 bits per heavy atom. The van der Waals surface area contributed by atoms with Gasteiger partial charge in [0.15, 0.2) is 5.03 Å². The van der Waals surface area contributed by atoms with Gasteiger partial charge in [-0.05, 0) is 30.7 Å². The standard InChI is InChI=1S/C14H20N4O2S/c1-5-13-15-9-14(16-13)21(19,20)17-12-7-6-11(18(3)4)8-10(12)2/h6-9,17H,5H2,1-4H3,(H,15,16). The van der Waals surface area contributed by atoms with Crippen molar-refractivity contribution in [1.82, 2.24) is 9.97 Å². The van der Waals surface area contributed by atoms with Crippen molar-refractivity contribution in [3.05, 3.63) is 35.8 Å². The summed E-state index contributed by atoms with van der Waals surface area (Å²) >= 11 is 0. The molecule has 1 aromatic carbocycles. The van der Waals surface area contributed by atoms with Gasteiger partial charge in [-0.15, -0.1) is 0 Å². The zero-order valence-corrected chi connectivity index (χ0v) is 13.5. The summed E-state index contributed by atoms with van der Waals surface area (Å²) in [7, 11) is 0.240. The molecule has 2 N–H and O–H groups in total. The van der Waals surface area contributed by atoms with Gasteiger partial charge in [0.05, 0.1) is 11.9 Å². The lowest BCUT2D eigenvalue weighted by Crippen LogP contribution is -2.15. The number of aromatic nitrogens is 2. The Hall–Kier alpha value is -2.02. The van der Waals surface area contributed by atoms with E-state index in [1.807, 2.05) is 45.0 Å². The Bertz CT molecular complexity index is 735. The number of H-pyrrole nitrogens is 1. The molecule has 0 amide bonds. The van der Waals surface area contributed by atoms with E-state index >= 15 is 0 Å². The zero-order chi connectivity index (χ0) is 15.6. The summed E-state index contributed by atoms with van der Waals surface area (Å²) in [5.41, 5.74) is 2.44. The van der Waals surface area contributed by atoms with Crippen molar-refractivity contribution in [2.75, 3.05) is 23.7 Å². The maximum absolute atomic E-state index is 12.3. The lowest BCUT2D eigenvalue weighted by Gasteiger charge is -2.15. The Labute approximate surface area is 125 Å². The predicted octanol–water partition coefficient (Wildman–Crippen LogP) is 2.15. The molecule has 0 saturated heterocycles. The fraction of sp³-hybridized carbons (Fsp3) is 0.357. The van der Waals surface area contributed by atoms with Gasteiger partial charge in [0.1, 0.15) is 5.82 Å². The Morgan fingerprint density at radius 1 is 1.33 bits per heavy atom. The summed E-state index contributed by atoms with van der Waals surface area (Å²) in [5, 5.41) is 0.0791. The molecule has 0 aliphatic rings. The number of hydrogen-bond acceptors (Lipinski definition) is 4. The fourth-order valence-corrected chi connectivity index (χ4v) is 2.97. The molecule has 1 heterocycles. The normalized spacial score (nSPS) is 11.4. The summed E-state index contributed by atoms with van der Waals surface area (Å²) < 4.78 is 27.2. The number of aryl methyl sites for hydroxylation is 2. The van der Waals surface area contributed by atoms with Crippen LogP contribution in [0.1, 0.15) is 18.3 Å². The van der Waals surface area contributed by atoms with Crippen LogP contribution in [0.2, 0.25) is 0 Å². The van der Waals surface area contributed by atoms with Crippen LogP contribution in [-0.4, -0.2) is 32.5 Å². The van der Waals surface area contributed by atoms with E-state index in [4.69, 9.17) is 0 Å². The second-order valence-corrected chi connectivity index (χ2v) is 6.70. The van der Waals surface area contributed by atoms with Gasteiger partial charge in [-0.3, -0.25) is 4.72 Å². The van der Waals surface area contributed by atoms with E-state index in [1.54, 1.807) is 6.07 Å². The van der Waals surface area contributed by atoms with Gasteiger partial charge in [-0.1, -0.05) is 6.92 Å². The van der Waals surface area contributed by atoms with Gasteiger partial charge in [0.2, 0.25) is 0 Å². The number of hydrogen-bond donors (Lipinski definition) is 2. The van der Waals surface area contributed by atoms with E-state index in [1.165, 1.54) is 6.20 Å². The van der Waals surface area contributed by atoms with E-state index < -0.39 is 10.0 Å². The minimum atomic E-state index is -3.64. The smallest absolute Gasteiger partial charge is 0.278 e. The molecule has 1 aromatic heterocycles. The van der Waals surface area contributed by atoms with Crippen LogP contribution in [0.25, 0.3) is 0 Å². The highest BCUT2D eigenvalue weighted by atomic mass is 32.2. The van der Waals surface area contributed by atoms with Gasteiger partial charge < -0.3 is 9.88 Å². The Kier molecular flexibility index (Phi) is 4.22. The second-order valence-electron chi connectivity index (χ2n) is 5.05. The van der Waals surface area contributed by atoms with Crippen molar-refractivity contribution in [2.24, 2.45) is 0 Å². The van der Waals surface area contributed by atoms with Crippen LogP contribution in [0.5, 0.6) is 0 Å². The molecule has 0 aliphatic heterocycles. The molecule has 0 aliphatic carbocycles. The molecular weight excluding hydrogens is 288 g/mol. The van der Waals surface area contributed by atoms with Crippen LogP contribution in [0.15, 0.2) is 29.4 Å². The molecule has 0 saturated carbocycles. The van der Waals surface area contributed by atoms with E-state index in [0.29, 0.717) is 17.9 Å². The van der Waals surface area contributed by atoms with Crippen molar-refractivity contribution in [3.8, 4) is 0 Å². The van der Waals surface area contributed by atoms with Crippen molar-refractivity contribution in [3.63, 3.8) is 0 Å². The minimum Gasteiger partial charge on any atom is -0.378 e. The first-order valence-electron chi connectivity index (χ1n) is 6.68. The van der Waals surface area contributed by atoms with Crippen molar-refractivity contribution < 1.29 is 8.42 Å². The molecule has 0 radical (unpaired) electrons. The highest BCUT2D eigenvalue weighted by molar-refractivity contribution is 7.92. The van der Waals surface area contributed by atoms with Crippen molar-refractivity contribution >= 4 is 21.4 Å². The van der Waals surface area contributed by atoms with Crippen LogP contribution in [0, 0.1) is 6.92 Å². The molecule has 0 bridgehead atoms. The molecule has 114 valence electrons. The number of nitrogens with one attached hydrogen (secondary N) is 2. The summed E-state index contributed by atoms with van der Waals surface area (Å²) in [6, 6.07) is 5.57. The SMILES string of the molecule is CCc1ncc(S(=O)(=O)Nc2ccc(N(C)C)cc2C)[nH]1. The van der Waals surface area contributed by atoms with Crippen molar-refractivity contribution in [2.45, 2.75) is 25.3 Å². The van der Waals surface area contributed by atoms with Crippen LogP contribution in [0.3, 0.4) is 0 Å². The maximum atomic E-state index is 12.3. The molecule has 2 rings (SSSR count).